The van der Waals surface area contributed by atoms with E-state index in [1.165, 1.54) is 24.2 Å². The van der Waals surface area contributed by atoms with Gasteiger partial charge >= 0.3 is 0 Å². The highest BCUT2D eigenvalue weighted by atomic mass is 32.2. The van der Waals surface area contributed by atoms with Crippen LogP contribution in [0.5, 0.6) is 0 Å². The van der Waals surface area contributed by atoms with E-state index in [1.54, 1.807) is 0 Å². The predicted molar refractivity (Wildman–Crippen MR) is 68.7 cm³/mol. The normalized spacial score (nSPS) is 28.8. The molecule has 0 saturated carbocycles. The van der Waals surface area contributed by atoms with Crippen molar-refractivity contribution in [2.24, 2.45) is 0 Å². The molecule has 2 rings (SSSR count). The van der Waals surface area contributed by atoms with E-state index in [2.05, 4.69) is 17.6 Å². The fourth-order valence-corrected chi connectivity index (χ4v) is 3.30. The third-order valence-electron chi connectivity index (χ3n) is 3.47. The highest BCUT2D eigenvalue weighted by molar-refractivity contribution is 8.00. The largest absolute Gasteiger partial charge is 0.351 e. The fraction of sp³-hybridized carbons (Fsp3) is 0.750. The van der Waals surface area contributed by atoms with Crippen molar-refractivity contribution in [1.82, 2.24) is 10.6 Å². The van der Waals surface area contributed by atoms with E-state index >= 15 is 0 Å². The molecule has 3 nitrogen and oxygen atoms in total. The molecule has 2 aliphatic heterocycles. The highest BCUT2D eigenvalue weighted by Crippen LogP contribution is 2.36. The average molecular weight is 240 g/mol. The molecule has 2 fully saturated rings. The molecule has 16 heavy (non-hydrogen) atoms. The van der Waals surface area contributed by atoms with E-state index in [0.29, 0.717) is 0 Å². The topological polar surface area (TPSA) is 41.1 Å². The summed E-state index contributed by atoms with van der Waals surface area (Å²) in [6.45, 7) is 6.74. The monoisotopic (exact) mass is 240 g/mol. The zero-order valence-corrected chi connectivity index (χ0v) is 10.9. The van der Waals surface area contributed by atoms with Crippen LogP contribution in [0.2, 0.25) is 0 Å². The van der Waals surface area contributed by atoms with Gasteiger partial charge in [-0.25, -0.2) is 0 Å². The number of hydrogen-bond acceptors (Lipinski definition) is 3. The SMILES string of the molecule is CC(C(=O)NCC1(C)CCCS1)=C1CNC1. The molecule has 0 spiro atoms. The molecular formula is C12H20N2OS. The Bertz CT molecular complexity index is 313. The summed E-state index contributed by atoms with van der Waals surface area (Å²) in [6, 6.07) is 0. The second kappa shape index (κ2) is 4.80. The van der Waals surface area contributed by atoms with Crippen molar-refractivity contribution in [2.75, 3.05) is 25.4 Å². The lowest BCUT2D eigenvalue weighted by Crippen LogP contribution is -2.40. The van der Waals surface area contributed by atoms with Gasteiger partial charge in [-0.15, -0.1) is 0 Å². The summed E-state index contributed by atoms with van der Waals surface area (Å²) in [4.78, 5) is 11.9. The molecule has 90 valence electrons. The summed E-state index contributed by atoms with van der Waals surface area (Å²) in [6.07, 6.45) is 2.50. The number of hydrogen-bond donors (Lipinski definition) is 2. The summed E-state index contributed by atoms with van der Waals surface area (Å²) in [5.74, 6) is 1.35. The summed E-state index contributed by atoms with van der Waals surface area (Å²) >= 11 is 1.98. The van der Waals surface area contributed by atoms with Crippen molar-refractivity contribution in [3.63, 3.8) is 0 Å². The van der Waals surface area contributed by atoms with E-state index in [-0.39, 0.29) is 10.7 Å². The minimum atomic E-state index is 0.116. The Hall–Kier alpha value is -0.480. The molecule has 2 aliphatic rings. The van der Waals surface area contributed by atoms with Gasteiger partial charge in [-0.2, -0.15) is 11.8 Å². The number of carbonyl (C=O) groups is 1. The van der Waals surface area contributed by atoms with Crippen molar-refractivity contribution in [2.45, 2.75) is 31.4 Å². The lowest BCUT2D eigenvalue weighted by atomic mass is 10.0. The minimum absolute atomic E-state index is 0.116. The lowest BCUT2D eigenvalue weighted by molar-refractivity contribution is -0.117. The number of nitrogens with one attached hydrogen (secondary N) is 2. The Morgan fingerprint density at radius 1 is 1.56 bits per heavy atom. The lowest BCUT2D eigenvalue weighted by Gasteiger charge is -2.25. The first kappa shape index (κ1) is 12.0. The number of carbonyl (C=O) groups excluding carboxylic acids is 1. The van der Waals surface area contributed by atoms with Crippen LogP contribution in [-0.2, 0) is 4.79 Å². The van der Waals surface area contributed by atoms with Crippen LogP contribution in [-0.4, -0.2) is 36.0 Å². The molecule has 0 aromatic heterocycles. The van der Waals surface area contributed by atoms with Crippen LogP contribution < -0.4 is 10.6 Å². The predicted octanol–water partition coefficient (Wildman–Crippen LogP) is 1.31. The average Bonchev–Trinajstić information content (AvgIpc) is 2.59. The summed E-state index contributed by atoms with van der Waals surface area (Å²) in [7, 11) is 0. The van der Waals surface area contributed by atoms with Crippen molar-refractivity contribution < 1.29 is 4.79 Å². The zero-order valence-electron chi connectivity index (χ0n) is 10.1. The molecule has 1 amide bonds. The molecule has 1 atom stereocenters. The third-order valence-corrected chi connectivity index (χ3v) is 5.01. The Morgan fingerprint density at radius 3 is 2.81 bits per heavy atom. The maximum absolute atomic E-state index is 11.9. The van der Waals surface area contributed by atoms with Gasteiger partial charge in [-0.3, -0.25) is 4.79 Å². The van der Waals surface area contributed by atoms with Crippen molar-refractivity contribution in [3.05, 3.63) is 11.1 Å². The Labute approximate surface area is 101 Å². The van der Waals surface area contributed by atoms with Gasteiger partial charge in [0.05, 0.1) is 0 Å². The van der Waals surface area contributed by atoms with Crippen molar-refractivity contribution in [3.8, 4) is 0 Å². The molecule has 2 N–H and O–H groups in total. The molecule has 4 heteroatoms. The first-order chi connectivity index (χ1) is 7.61. The quantitative estimate of drug-likeness (QED) is 0.731. The molecule has 0 aromatic rings. The fourth-order valence-electron chi connectivity index (χ4n) is 2.05. The first-order valence-electron chi connectivity index (χ1n) is 5.92. The molecule has 1 unspecified atom stereocenters. The summed E-state index contributed by atoms with van der Waals surface area (Å²) in [5, 5.41) is 6.23. The molecule has 0 radical (unpaired) electrons. The van der Waals surface area contributed by atoms with Crippen LogP contribution in [0.15, 0.2) is 11.1 Å². The van der Waals surface area contributed by atoms with Crippen LogP contribution in [0.4, 0.5) is 0 Å². The maximum Gasteiger partial charge on any atom is 0.247 e. The maximum atomic E-state index is 11.9. The van der Waals surface area contributed by atoms with E-state index in [9.17, 15) is 4.79 Å². The Balaban J connectivity index is 1.83. The van der Waals surface area contributed by atoms with Gasteiger partial charge in [0, 0.05) is 30.0 Å². The van der Waals surface area contributed by atoms with Gasteiger partial charge in [-0.05, 0) is 38.0 Å². The van der Waals surface area contributed by atoms with Gasteiger partial charge in [0.1, 0.15) is 0 Å². The number of amides is 1. The smallest absolute Gasteiger partial charge is 0.247 e. The standard InChI is InChI=1S/C12H20N2OS/c1-9(10-6-13-7-10)11(15)14-8-12(2)4-3-5-16-12/h13H,3-8H2,1-2H3,(H,14,15). The van der Waals surface area contributed by atoms with E-state index in [0.717, 1.165) is 25.2 Å². The van der Waals surface area contributed by atoms with Crippen LogP contribution >= 0.6 is 11.8 Å². The van der Waals surface area contributed by atoms with Crippen LogP contribution in [0, 0.1) is 0 Å². The molecule has 0 aromatic carbocycles. The minimum Gasteiger partial charge on any atom is -0.351 e. The van der Waals surface area contributed by atoms with Gasteiger partial charge in [0.2, 0.25) is 5.91 Å². The Morgan fingerprint density at radius 2 is 2.31 bits per heavy atom. The molecule has 0 aliphatic carbocycles. The van der Waals surface area contributed by atoms with E-state index < -0.39 is 0 Å². The van der Waals surface area contributed by atoms with Crippen LogP contribution in [0.25, 0.3) is 0 Å². The van der Waals surface area contributed by atoms with Crippen LogP contribution in [0.3, 0.4) is 0 Å². The van der Waals surface area contributed by atoms with Gasteiger partial charge in [0.25, 0.3) is 0 Å². The molecule has 0 bridgehead atoms. The summed E-state index contributed by atoms with van der Waals surface area (Å²) in [5.41, 5.74) is 2.16. The third kappa shape index (κ3) is 2.61. The number of thioether (sulfide) groups is 1. The second-order valence-corrected chi connectivity index (χ2v) is 6.60. The Kier molecular flexibility index (Phi) is 3.60. The summed E-state index contributed by atoms with van der Waals surface area (Å²) < 4.78 is 0.262. The zero-order chi connectivity index (χ0) is 11.6. The molecular weight excluding hydrogens is 220 g/mol. The highest BCUT2D eigenvalue weighted by Gasteiger charge is 2.30. The van der Waals surface area contributed by atoms with Crippen LogP contribution in [0.1, 0.15) is 26.7 Å². The van der Waals surface area contributed by atoms with Gasteiger partial charge < -0.3 is 10.6 Å². The van der Waals surface area contributed by atoms with Crippen molar-refractivity contribution in [1.29, 1.82) is 0 Å². The number of rotatable bonds is 3. The van der Waals surface area contributed by atoms with E-state index in [4.69, 9.17) is 0 Å². The van der Waals surface area contributed by atoms with E-state index in [1.807, 2.05) is 18.7 Å². The van der Waals surface area contributed by atoms with Gasteiger partial charge in [-0.1, -0.05) is 0 Å². The second-order valence-electron chi connectivity index (χ2n) is 4.92. The van der Waals surface area contributed by atoms with Gasteiger partial charge in [0.15, 0.2) is 0 Å². The molecule has 2 saturated heterocycles. The van der Waals surface area contributed by atoms with Crippen molar-refractivity contribution >= 4 is 17.7 Å². The molecule has 2 heterocycles. The first-order valence-corrected chi connectivity index (χ1v) is 6.91.